The van der Waals surface area contributed by atoms with E-state index in [4.69, 9.17) is 0 Å². The largest absolute Gasteiger partial charge is 0.287 e. The van der Waals surface area contributed by atoms with Crippen LogP contribution < -0.4 is 10.9 Å². The van der Waals surface area contributed by atoms with Crippen LogP contribution in [0, 0.1) is 0 Å². The lowest BCUT2D eigenvalue weighted by molar-refractivity contribution is 0.0942. The highest BCUT2D eigenvalue weighted by Crippen LogP contribution is 2.19. The van der Waals surface area contributed by atoms with Crippen molar-refractivity contribution in [2.45, 2.75) is 0 Å². The predicted octanol–water partition coefficient (Wildman–Crippen LogP) is 1.37. The molecule has 1 amide bonds. The number of rotatable bonds is 2. The summed E-state index contributed by atoms with van der Waals surface area (Å²) >= 11 is 4.66. The van der Waals surface area contributed by atoms with Crippen LogP contribution in [0.15, 0.2) is 15.9 Å². The van der Waals surface area contributed by atoms with E-state index in [-0.39, 0.29) is 5.91 Å². The first-order valence-electron chi connectivity index (χ1n) is 2.95. The molecule has 11 heavy (non-hydrogen) atoms. The molecule has 0 saturated heterocycles. The lowest BCUT2D eigenvalue weighted by Gasteiger charge is -1.97. The van der Waals surface area contributed by atoms with E-state index >= 15 is 0 Å². The molecule has 0 atom stereocenters. The standard InChI is InChI=1S/C6H7BrN2OS/c1-8-9-6(10)5-2-4(7)3-11-5/h2-3,8H,1H3,(H,9,10). The highest BCUT2D eigenvalue weighted by molar-refractivity contribution is 9.10. The SMILES string of the molecule is CNNC(=O)c1cc(Br)cs1. The molecule has 2 N–H and O–H groups in total. The minimum absolute atomic E-state index is 0.108. The van der Waals surface area contributed by atoms with Gasteiger partial charge in [0.05, 0.1) is 4.88 Å². The molecule has 60 valence electrons. The van der Waals surface area contributed by atoms with Gasteiger partial charge >= 0.3 is 0 Å². The zero-order valence-corrected chi connectivity index (χ0v) is 8.25. The average molecular weight is 235 g/mol. The van der Waals surface area contributed by atoms with Crippen LogP contribution in [-0.2, 0) is 0 Å². The summed E-state index contributed by atoms with van der Waals surface area (Å²) in [6, 6.07) is 1.78. The Morgan fingerprint density at radius 3 is 2.91 bits per heavy atom. The van der Waals surface area contributed by atoms with Crippen LogP contribution in [0.4, 0.5) is 0 Å². The predicted molar refractivity (Wildman–Crippen MR) is 48.5 cm³/mol. The molecule has 0 aliphatic rings. The monoisotopic (exact) mass is 234 g/mol. The summed E-state index contributed by atoms with van der Waals surface area (Å²) in [7, 11) is 1.65. The second kappa shape index (κ2) is 3.85. The van der Waals surface area contributed by atoms with Crippen LogP contribution in [0.3, 0.4) is 0 Å². The second-order valence-corrected chi connectivity index (χ2v) is 3.66. The summed E-state index contributed by atoms with van der Waals surface area (Å²) in [5.74, 6) is -0.108. The Labute approximate surface area is 76.9 Å². The minimum Gasteiger partial charge on any atom is -0.287 e. The first kappa shape index (κ1) is 8.70. The van der Waals surface area contributed by atoms with Crippen molar-refractivity contribution in [1.82, 2.24) is 10.9 Å². The van der Waals surface area contributed by atoms with Crippen LogP contribution in [0.1, 0.15) is 9.67 Å². The second-order valence-electron chi connectivity index (χ2n) is 1.83. The van der Waals surface area contributed by atoms with E-state index in [1.165, 1.54) is 11.3 Å². The quantitative estimate of drug-likeness (QED) is 0.760. The molecule has 0 aliphatic heterocycles. The van der Waals surface area contributed by atoms with Crippen LogP contribution in [0.5, 0.6) is 0 Å². The average Bonchev–Trinajstić information content (AvgIpc) is 2.36. The highest BCUT2D eigenvalue weighted by Gasteiger charge is 2.05. The van der Waals surface area contributed by atoms with E-state index < -0.39 is 0 Å². The Hall–Kier alpha value is -0.390. The van der Waals surface area contributed by atoms with Gasteiger partial charge in [-0.25, -0.2) is 5.43 Å². The minimum atomic E-state index is -0.108. The Morgan fingerprint density at radius 2 is 2.45 bits per heavy atom. The maximum atomic E-state index is 11.1. The third-order valence-corrected chi connectivity index (χ3v) is 2.72. The lowest BCUT2D eigenvalue weighted by Crippen LogP contribution is -2.33. The molecule has 1 aromatic rings. The molecule has 5 heteroatoms. The Kier molecular flexibility index (Phi) is 3.04. The van der Waals surface area contributed by atoms with Gasteiger partial charge in [0.1, 0.15) is 0 Å². The molecule has 1 aromatic heterocycles. The molecule has 0 aliphatic carbocycles. The molecule has 0 spiro atoms. The fourth-order valence-electron chi connectivity index (χ4n) is 0.607. The van der Waals surface area contributed by atoms with Gasteiger partial charge in [-0.1, -0.05) is 0 Å². The van der Waals surface area contributed by atoms with E-state index in [0.717, 1.165) is 4.47 Å². The topological polar surface area (TPSA) is 41.1 Å². The van der Waals surface area contributed by atoms with Gasteiger partial charge in [0, 0.05) is 16.9 Å². The van der Waals surface area contributed by atoms with Crippen molar-refractivity contribution < 1.29 is 4.79 Å². The van der Waals surface area contributed by atoms with Gasteiger partial charge in [0.15, 0.2) is 0 Å². The lowest BCUT2D eigenvalue weighted by atomic mass is 10.4. The van der Waals surface area contributed by atoms with Crippen molar-refractivity contribution in [2.75, 3.05) is 7.05 Å². The first-order valence-corrected chi connectivity index (χ1v) is 4.62. The molecule has 1 heterocycles. The third-order valence-electron chi connectivity index (χ3n) is 1.03. The van der Waals surface area contributed by atoms with Crippen molar-refractivity contribution in [3.8, 4) is 0 Å². The Balaban J connectivity index is 2.69. The number of hydrogen-bond donors (Lipinski definition) is 2. The molecule has 0 fully saturated rings. The number of halogens is 1. The number of carbonyl (C=O) groups excluding carboxylic acids is 1. The molecular weight excluding hydrogens is 228 g/mol. The van der Waals surface area contributed by atoms with E-state index in [2.05, 4.69) is 26.8 Å². The first-order chi connectivity index (χ1) is 5.24. The van der Waals surface area contributed by atoms with Gasteiger partial charge in [-0.15, -0.1) is 11.3 Å². The van der Waals surface area contributed by atoms with Gasteiger partial charge in [-0.2, -0.15) is 0 Å². The van der Waals surface area contributed by atoms with Crippen molar-refractivity contribution in [2.24, 2.45) is 0 Å². The zero-order chi connectivity index (χ0) is 8.27. The number of thiophene rings is 1. The van der Waals surface area contributed by atoms with E-state index in [9.17, 15) is 4.79 Å². The smallest absolute Gasteiger partial charge is 0.275 e. The molecule has 0 unspecified atom stereocenters. The zero-order valence-electron chi connectivity index (χ0n) is 5.85. The van der Waals surface area contributed by atoms with Crippen molar-refractivity contribution in [3.05, 3.63) is 20.8 Å². The molecule has 3 nitrogen and oxygen atoms in total. The van der Waals surface area contributed by atoms with Gasteiger partial charge in [0.2, 0.25) is 0 Å². The number of amides is 1. The number of hydrogen-bond acceptors (Lipinski definition) is 3. The summed E-state index contributed by atoms with van der Waals surface area (Å²) in [5.41, 5.74) is 5.04. The van der Waals surface area contributed by atoms with Crippen molar-refractivity contribution in [3.63, 3.8) is 0 Å². The van der Waals surface area contributed by atoms with E-state index in [0.29, 0.717) is 4.88 Å². The molecule has 1 rings (SSSR count). The van der Waals surface area contributed by atoms with Crippen LogP contribution in [-0.4, -0.2) is 13.0 Å². The van der Waals surface area contributed by atoms with Crippen molar-refractivity contribution >= 4 is 33.2 Å². The maximum absolute atomic E-state index is 11.1. The molecular formula is C6H7BrN2OS. The van der Waals surface area contributed by atoms with Crippen LogP contribution >= 0.6 is 27.3 Å². The summed E-state index contributed by atoms with van der Waals surface area (Å²) in [5, 5.41) is 1.87. The third kappa shape index (κ3) is 2.28. The van der Waals surface area contributed by atoms with Gasteiger partial charge in [0.25, 0.3) is 5.91 Å². The number of hydrazine groups is 1. The highest BCUT2D eigenvalue weighted by atomic mass is 79.9. The van der Waals surface area contributed by atoms with E-state index in [1.54, 1.807) is 13.1 Å². The molecule has 0 radical (unpaired) electrons. The summed E-state index contributed by atoms with van der Waals surface area (Å²) < 4.78 is 0.934. The summed E-state index contributed by atoms with van der Waals surface area (Å²) in [6.07, 6.45) is 0. The molecule has 0 saturated carbocycles. The maximum Gasteiger partial charge on any atom is 0.275 e. The molecule has 0 bridgehead atoms. The number of nitrogens with one attached hydrogen (secondary N) is 2. The Bertz CT molecular complexity index is 261. The van der Waals surface area contributed by atoms with Crippen LogP contribution in [0.25, 0.3) is 0 Å². The summed E-state index contributed by atoms with van der Waals surface area (Å²) in [6.45, 7) is 0. The number of carbonyl (C=O) groups is 1. The van der Waals surface area contributed by atoms with Crippen LogP contribution in [0.2, 0.25) is 0 Å². The fourth-order valence-corrected chi connectivity index (χ4v) is 1.93. The summed E-state index contributed by atoms with van der Waals surface area (Å²) in [4.78, 5) is 11.8. The molecule has 0 aromatic carbocycles. The van der Waals surface area contributed by atoms with Gasteiger partial charge < -0.3 is 0 Å². The normalized spacial score (nSPS) is 9.64. The Morgan fingerprint density at radius 1 is 1.73 bits per heavy atom. The van der Waals surface area contributed by atoms with Gasteiger partial charge in [-0.3, -0.25) is 10.2 Å². The fraction of sp³-hybridized carbons (Fsp3) is 0.167. The van der Waals surface area contributed by atoms with Crippen molar-refractivity contribution in [1.29, 1.82) is 0 Å². The van der Waals surface area contributed by atoms with Gasteiger partial charge in [-0.05, 0) is 22.0 Å². The van der Waals surface area contributed by atoms with E-state index in [1.807, 2.05) is 5.38 Å².